The summed E-state index contributed by atoms with van der Waals surface area (Å²) in [4.78, 5) is 12.3. The van der Waals surface area contributed by atoms with E-state index in [0.29, 0.717) is 16.9 Å². The topological polar surface area (TPSA) is 50.1 Å². The number of rotatable bonds is 5. The highest BCUT2D eigenvalue weighted by Crippen LogP contribution is 2.24. The summed E-state index contributed by atoms with van der Waals surface area (Å²) in [5, 5.41) is 9.13. The second kappa shape index (κ2) is 8.35. The number of halogens is 1. The zero-order valence-electron chi connectivity index (χ0n) is 14.5. The molecule has 3 nitrogen and oxygen atoms in total. The lowest BCUT2D eigenvalue weighted by molar-refractivity contribution is 0.0735. The maximum atomic E-state index is 12.3. The van der Waals surface area contributed by atoms with E-state index in [1.165, 1.54) is 17.7 Å². The average molecular weight is 374 g/mol. The van der Waals surface area contributed by atoms with Gasteiger partial charge in [-0.2, -0.15) is 5.26 Å². The molecule has 0 aromatic heterocycles. The van der Waals surface area contributed by atoms with Crippen LogP contribution in [0.4, 0.5) is 0 Å². The van der Waals surface area contributed by atoms with Crippen LogP contribution in [0.5, 0.6) is 5.75 Å². The Balaban J connectivity index is 1.72. The molecule has 0 aliphatic heterocycles. The molecule has 0 bridgehead atoms. The van der Waals surface area contributed by atoms with Crippen molar-refractivity contribution in [1.29, 1.82) is 5.26 Å². The van der Waals surface area contributed by atoms with E-state index in [4.69, 9.17) is 21.6 Å². The molecule has 0 unspecified atom stereocenters. The zero-order chi connectivity index (χ0) is 19.2. The van der Waals surface area contributed by atoms with E-state index in [-0.39, 0.29) is 5.02 Å². The lowest BCUT2D eigenvalue weighted by atomic mass is 10.0. The van der Waals surface area contributed by atoms with Crippen molar-refractivity contribution in [2.45, 2.75) is 6.42 Å². The van der Waals surface area contributed by atoms with Crippen LogP contribution in [0.2, 0.25) is 5.02 Å². The fourth-order valence-corrected chi connectivity index (χ4v) is 2.83. The molecule has 3 aromatic rings. The molecule has 0 amide bonds. The average Bonchev–Trinajstić information content (AvgIpc) is 2.69. The number of ether oxygens (including phenoxy) is 1. The van der Waals surface area contributed by atoms with Gasteiger partial charge in [-0.05, 0) is 47.4 Å². The van der Waals surface area contributed by atoms with Crippen molar-refractivity contribution in [3.8, 4) is 22.9 Å². The fourth-order valence-electron chi connectivity index (χ4n) is 2.61. The van der Waals surface area contributed by atoms with Gasteiger partial charge in [0.2, 0.25) is 0 Å². The van der Waals surface area contributed by atoms with E-state index < -0.39 is 5.97 Å². The van der Waals surface area contributed by atoms with Gasteiger partial charge in [0.15, 0.2) is 0 Å². The van der Waals surface area contributed by atoms with Crippen LogP contribution in [-0.2, 0) is 6.42 Å². The summed E-state index contributed by atoms with van der Waals surface area (Å²) in [6.07, 6.45) is 2.71. The second-order valence-electron chi connectivity index (χ2n) is 5.91. The Morgan fingerprint density at radius 3 is 2.22 bits per heavy atom. The summed E-state index contributed by atoms with van der Waals surface area (Å²) in [5.74, 6) is -0.186. The van der Waals surface area contributed by atoms with Crippen LogP contribution in [0.1, 0.15) is 21.5 Å². The number of benzene rings is 3. The third-order valence-electron chi connectivity index (χ3n) is 4.06. The number of allylic oxidation sites excluding steroid dienone is 1. The number of hydrogen-bond donors (Lipinski definition) is 0. The Morgan fingerprint density at radius 2 is 1.67 bits per heavy atom. The van der Waals surface area contributed by atoms with E-state index in [0.717, 1.165) is 17.5 Å². The van der Waals surface area contributed by atoms with Gasteiger partial charge in [0.25, 0.3) is 0 Å². The molecule has 0 heterocycles. The lowest BCUT2D eigenvalue weighted by Gasteiger charge is -2.07. The SMILES string of the molecule is C=CCc1ccc(-c2ccc(C(=O)Oc3ccc(C#N)c(Cl)c3)cc2)cc1. The molecule has 0 fully saturated rings. The molecule has 0 aliphatic carbocycles. The quantitative estimate of drug-likeness (QED) is 0.321. The van der Waals surface area contributed by atoms with Crippen molar-refractivity contribution in [2.24, 2.45) is 0 Å². The van der Waals surface area contributed by atoms with Gasteiger partial charge in [-0.3, -0.25) is 0 Å². The summed E-state index contributed by atoms with van der Waals surface area (Å²) in [5.41, 5.74) is 4.05. The van der Waals surface area contributed by atoms with E-state index in [9.17, 15) is 4.79 Å². The number of carbonyl (C=O) groups is 1. The maximum Gasteiger partial charge on any atom is 0.343 e. The monoisotopic (exact) mass is 373 g/mol. The summed E-state index contributed by atoms with van der Waals surface area (Å²) in [6, 6.07) is 21.9. The van der Waals surface area contributed by atoms with Gasteiger partial charge in [0, 0.05) is 6.07 Å². The molecule has 0 atom stereocenters. The standard InChI is InChI=1S/C23H16ClNO2/c1-2-3-16-4-6-17(7-5-16)18-8-10-19(11-9-18)23(26)27-21-13-12-20(15-25)22(24)14-21/h2,4-14H,1,3H2. The molecule has 0 saturated heterocycles. The molecule has 3 aromatic carbocycles. The number of esters is 1. The molecular formula is C23H16ClNO2. The molecule has 4 heteroatoms. The van der Waals surface area contributed by atoms with Crippen LogP contribution in [0.3, 0.4) is 0 Å². The Bertz CT molecular complexity index is 1020. The number of nitrogens with zero attached hydrogens (tertiary/aromatic N) is 1. The maximum absolute atomic E-state index is 12.3. The van der Waals surface area contributed by atoms with Crippen molar-refractivity contribution in [3.63, 3.8) is 0 Å². The highest BCUT2D eigenvalue weighted by Gasteiger charge is 2.10. The van der Waals surface area contributed by atoms with Gasteiger partial charge in [-0.15, -0.1) is 6.58 Å². The van der Waals surface area contributed by atoms with Gasteiger partial charge in [0.05, 0.1) is 16.1 Å². The van der Waals surface area contributed by atoms with Crippen LogP contribution in [0.15, 0.2) is 79.4 Å². The molecule has 0 saturated carbocycles. The molecule has 27 heavy (non-hydrogen) atoms. The normalized spacial score (nSPS) is 10.1. The van der Waals surface area contributed by atoms with Crippen LogP contribution in [-0.4, -0.2) is 5.97 Å². The Kier molecular flexibility index (Phi) is 5.71. The van der Waals surface area contributed by atoms with Gasteiger partial charge in [-0.25, -0.2) is 4.79 Å². The van der Waals surface area contributed by atoms with Crippen LogP contribution < -0.4 is 4.74 Å². The van der Waals surface area contributed by atoms with Crippen LogP contribution >= 0.6 is 11.6 Å². The minimum Gasteiger partial charge on any atom is -0.423 e. The van der Waals surface area contributed by atoms with Crippen molar-refractivity contribution >= 4 is 17.6 Å². The van der Waals surface area contributed by atoms with Crippen LogP contribution in [0, 0.1) is 11.3 Å². The second-order valence-corrected chi connectivity index (χ2v) is 6.32. The fraction of sp³-hybridized carbons (Fsp3) is 0.0435. The van der Waals surface area contributed by atoms with E-state index in [1.54, 1.807) is 18.2 Å². The van der Waals surface area contributed by atoms with Crippen molar-refractivity contribution in [1.82, 2.24) is 0 Å². The zero-order valence-corrected chi connectivity index (χ0v) is 15.2. The predicted octanol–water partition coefficient (Wildman–Crippen LogP) is 5.83. The first kappa shape index (κ1) is 18.4. The Morgan fingerprint density at radius 1 is 1.04 bits per heavy atom. The molecular weight excluding hydrogens is 358 g/mol. The van der Waals surface area contributed by atoms with E-state index >= 15 is 0 Å². The third-order valence-corrected chi connectivity index (χ3v) is 4.37. The Labute approximate surface area is 163 Å². The Hall–Kier alpha value is -3.35. The molecule has 0 spiro atoms. The molecule has 3 rings (SSSR count). The number of nitriles is 1. The van der Waals surface area contributed by atoms with Gasteiger partial charge < -0.3 is 4.74 Å². The highest BCUT2D eigenvalue weighted by atomic mass is 35.5. The van der Waals surface area contributed by atoms with E-state index in [2.05, 4.69) is 18.7 Å². The molecule has 0 aliphatic rings. The smallest absolute Gasteiger partial charge is 0.343 e. The third kappa shape index (κ3) is 4.44. The minimum atomic E-state index is -0.483. The lowest BCUT2D eigenvalue weighted by Crippen LogP contribution is -2.08. The first-order valence-corrected chi connectivity index (χ1v) is 8.70. The van der Waals surface area contributed by atoms with Crippen molar-refractivity contribution < 1.29 is 9.53 Å². The first-order chi connectivity index (χ1) is 13.1. The summed E-state index contributed by atoms with van der Waals surface area (Å²) in [7, 11) is 0. The predicted molar refractivity (Wildman–Crippen MR) is 107 cm³/mol. The number of carbonyl (C=O) groups excluding carboxylic acids is 1. The first-order valence-electron chi connectivity index (χ1n) is 8.33. The van der Waals surface area contributed by atoms with Gasteiger partial charge in [-0.1, -0.05) is 54.1 Å². The molecule has 0 N–H and O–H groups in total. The van der Waals surface area contributed by atoms with Gasteiger partial charge in [0.1, 0.15) is 11.8 Å². The van der Waals surface area contributed by atoms with E-state index in [1.807, 2.05) is 36.4 Å². The number of hydrogen-bond acceptors (Lipinski definition) is 3. The van der Waals surface area contributed by atoms with Crippen molar-refractivity contribution in [3.05, 3.63) is 101 Å². The molecule has 132 valence electrons. The van der Waals surface area contributed by atoms with Gasteiger partial charge >= 0.3 is 5.97 Å². The largest absolute Gasteiger partial charge is 0.423 e. The summed E-state index contributed by atoms with van der Waals surface area (Å²) < 4.78 is 5.33. The summed E-state index contributed by atoms with van der Waals surface area (Å²) in [6.45, 7) is 3.74. The summed E-state index contributed by atoms with van der Waals surface area (Å²) >= 11 is 5.96. The minimum absolute atomic E-state index is 0.248. The highest BCUT2D eigenvalue weighted by molar-refractivity contribution is 6.31. The van der Waals surface area contributed by atoms with Crippen molar-refractivity contribution in [2.75, 3.05) is 0 Å². The van der Waals surface area contributed by atoms with Crippen LogP contribution in [0.25, 0.3) is 11.1 Å². The molecule has 0 radical (unpaired) electrons.